The number of imidazole rings is 1. The number of hydrogen-bond acceptors (Lipinski definition) is 6. The van der Waals surface area contributed by atoms with E-state index < -0.39 is 37.2 Å². The largest absolute Gasteiger partial charge is 0.341 e. The lowest BCUT2D eigenvalue weighted by Gasteiger charge is -2.18. The van der Waals surface area contributed by atoms with E-state index in [1.807, 2.05) is 22.9 Å². The minimum atomic E-state index is -4.11. The van der Waals surface area contributed by atoms with Crippen LogP contribution in [-0.2, 0) is 31.3 Å². The van der Waals surface area contributed by atoms with Gasteiger partial charge in [0.2, 0.25) is 26.0 Å². The fourth-order valence-electron chi connectivity index (χ4n) is 4.22. The molecule has 0 radical (unpaired) electrons. The highest BCUT2D eigenvalue weighted by atomic mass is 35.5. The van der Waals surface area contributed by atoms with E-state index in [0.717, 1.165) is 5.52 Å². The molecular weight excluding hydrogens is 559 g/mol. The molecule has 1 aromatic heterocycles. The van der Waals surface area contributed by atoms with Gasteiger partial charge in [-0.25, -0.2) is 26.5 Å². The Morgan fingerprint density at radius 1 is 1.03 bits per heavy atom. The van der Waals surface area contributed by atoms with Crippen molar-refractivity contribution in [2.24, 2.45) is 0 Å². The number of halogens is 2. The molecule has 1 unspecified atom stereocenters. The number of nitrogens with zero attached hydrogens (tertiary/aromatic N) is 1. The highest BCUT2D eigenvalue weighted by molar-refractivity contribution is 7.90. The smallest absolute Gasteiger partial charge is 0.242 e. The summed E-state index contributed by atoms with van der Waals surface area (Å²) in [7, 11) is -7.89. The molecular formula is C24H20Cl2N4O5S2. The van der Waals surface area contributed by atoms with Crippen LogP contribution in [0.25, 0.3) is 11.0 Å². The number of H-pyrrole nitrogens is 1. The van der Waals surface area contributed by atoms with Gasteiger partial charge in [0.15, 0.2) is 0 Å². The van der Waals surface area contributed by atoms with Crippen LogP contribution in [0.1, 0.15) is 34.7 Å². The van der Waals surface area contributed by atoms with E-state index in [1.165, 1.54) is 18.2 Å². The lowest BCUT2D eigenvalue weighted by atomic mass is 10.0. The minimum Gasteiger partial charge on any atom is -0.341 e. The SMILES string of the molecule is O=C1CC(c2ccc(C[C@H](NS(=O)(=O)c3cccc(Cl)c3Cl)c3nc4ccccc4[nH]3)cc2)S(=O)(=O)N1. The zero-order valence-electron chi connectivity index (χ0n) is 19.0. The monoisotopic (exact) mass is 578 g/mol. The number of nitrogens with one attached hydrogen (secondary N) is 3. The number of sulfonamides is 2. The average molecular weight is 579 g/mol. The van der Waals surface area contributed by atoms with Gasteiger partial charge in [-0.05, 0) is 41.8 Å². The molecule has 1 aliphatic heterocycles. The number of fused-ring (bicyclic) bond motifs is 1. The van der Waals surface area contributed by atoms with Crippen molar-refractivity contribution < 1.29 is 21.6 Å². The standard InChI is InChI=1S/C24H20Cl2N4O5S2/c25-16-4-3-7-20(23(16)26)36(32,33)29-19(24-27-17-5-1-2-6-18(17)28-24)12-14-8-10-15(11-9-14)21-13-22(31)30-37(21,34)35/h1-11,19,21,29H,12-13H2,(H,27,28)(H,30,31)/t19-,21?/m0/s1. The fourth-order valence-corrected chi connectivity index (χ4v) is 7.62. The second-order valence-corrected chi connectivity index (χ2v) is 12.9. The van der Waals surface area contributed by atoms with Gasteiger partial charge in [-0.1, -0.05) is 65.7 Å². The first-order chi connectivity index (χ1) is 17.5. The summed E-state index contributed by atoms with van der Waals surface area (Å²) in [4.78, 5) is 19.2. The molecule has 1 saturated heterocycles. The van der Waals surface area contributed by atoms with Crippen LogP contribution >= 0.6 is 23.2 Å². The van der Waals surface area contributed by atoms with E-state index in [4.69, 9.17) is 23.2 Å². The molecule has 1 fully saturated rings. The Bertz CT molecular complexity index is 1690. The highest BCUT2D eigenvalue weighted by Crippen LogP contribution is 2.32. The predicted molar refractivity (Wildman–Crippen MR) is 140 cm³/mol. The average Bonchev–Trinajstić information content (AvgIpc) is 3.40. The molecule has 1 aliphatic rings. The van der Waals surface area contributed by atoms with Crippen molar-refractivity contribution >= 4 is 60.2 Å². The molecule has 2 atom stereocenters. The van der Waals surface area contributed by atoms with Crippen molar-refractivity contribution in [3.63, 3.8) is 0 Å². The molecule has 3 aromatic carbocycles. The Balaban J connectivity index is 1.48. The summed E-state index contributed by atoms with van der Waals surface area (Å²) >= 11 is 12.2. The lowest BCUT2D eigenvalue weighted by Crippen LogP contribution is -2.31. The number of para-hydroxylation sites is 2. The number of carbonyl (C=O) groups excluding carboxylic acids is 1. The number of benzene rings is 3. The van der Waals surface area contributed by atoms with Crippen LogP contribution in [-0.4, -0.2) is 32.7 Å². The van der Waals surface area contributed by atoms with Crippen LogP contribution in [0.15, 0.2) is 71.6 Å². The summed E-state index contributed by atoms with van der Waals surface area (Å²) < 4.78 is 55.7. The van der Waals surface area contributed by atoms with Crippen molar-refractivity contribution in [3.8, 4) is 0 Å². The number of rotatable bonds is 7. The first-order valence-corrected chi connectivity index (χ1v) is 14.9. The first-order valence-electron chi connectivity index (χ1n) is 11.1. The third-order valence-electron chi connectivity index (χ3n) is 6.03. The van der Waals surface area contributed by atoms with Crippen molar-refractivity contribution in [1.29, 1.82) is 0 Å². The molecule has 1 amide bonds. The predicted octanol–water partition coefficient (Wildman–Crippen LogP) is 4.02. The molecule has 5 rings (SSSR count). The third kappa shape index (κ3) is 5.23. The second kappa shape index (κ2) is 9.73. The van der Waals surface area contributed by atoms with Gasteiger partial charge in [-0.15, -0.1) is 0 Å². The van der Waals surface area contributed by atoms with Gasteiger partial charge in [-0.3, -0.25) is 9.52 Å². The molecule has 0 bridgehead atoms. The van der Waals surface area contributed by atoms with Gasteiger partial charge in [0.05, 0.1) is 33.5 Å². The van der Waals surface area contributed by atoms with Crippen molar-refractivity contribution in [1.82, 2.24) is 19.4 Å². The molecule has 0 aliphatic carbocycles. The number of aromatic amines is 1. The van der Waals surface area contributed by atoms with E-state index in [-0.39, 0.29) is 27.8 Å². The number of carbonyl (C=O) groups is 1. The zero-order chi connectivity index (χ0) is 26.4. The topological polar surface area (TPSA) is 138 Å². The van der Waals surface area contributed by atoms with Crippen LogP contribution < -0.4 is 9.44 Å². The number of aromatic nitrogens is 2. The Morgan fingerprint density at radius 2 is 1.76 bits per heavy atom. The number of hydrogen-bond donors (Lipinski definition) is 3. The van der Waals surface area contributed by atoms with E-state index in [0.29, 0.717) is 22.5 Å². The van der Waals surface area contributed by atoms with Crippen LogP contribution in [0.2, 0.25) is 10.0 Å². The summed E-state index contributed by atoms with van der Waals surface area (Å²) in [5.74, 6) is -0.159. The molecule has 3 N–H and O–H groups in total. The van der Waals surface area contributed by atoms with Crippen molar-refractivity contribution in [3.05, 3.63) is 93.7 Å². The Morgan fingerprint density at radius 3 is 2.43 bits per heavy atom. The summed E-state index contributed by atoms with van der Waals surface area (Å²) in [5, 5.41) is -0.954. The van der Waals surface area contributed by atoms with Crippen LogP contribution in [0.4, 0.5) is 0 Å². The zero-order valence-corrected chi connectivity index (χ0v) is 22.1. The highest BCUT2D eigenvalue weighted by Gasteiger charge is 2.37. The van der Waals surface area contributed by atoms with Gasteiger partial charge < -0.3 is 4.98 Å². The maximum absolute atomic E-state index is 13.3. The van der Waals surface area contributed by atoms with Gasteiger partial charge in [0, 0.05) is 0 Å². The van der Waals surface area contributed by atoms with Gasteiger partial charge >= 0.3 is 0 Å². The second-order valence-electron chi connectivity index (χ2n) is 8.57. The van der Waals surface area contributed by atoms with E-state index in [1.54, 1.807) is 30.3 Å². The minimum absolute atomic E-state index is 0.0923. The fraction of sp³-hybridized carbons (Fsp3) is 0.167. The summed E-state index contributed by atoms with van der Waals surface area (Å²) in [6, 6.07) is 17.5. The molecule has 0 saturated carbocycles. The van der Waals surface area contributed by atoms with Crippen LogP contribution in [0, 0.1) is 0 Å². The maximum Gasteiger partial charge on any atom is 0.242 e. The van der Waals surface area contributed by atoms with Crippen LogP contribution in [0.5, 0.6) is 0 Å². The lowest BCUT2D eigenvalue weighted by molar-refractivity contribution is -0.118. The molecule has 2 heterocycles. The summed E-state index contributed by atoms with van der Waals surface area (Å²) in [6.07, 6.45) is 0.0373. The van der Waals surface area contributed by atoms with E-state index in [9.17, 15) is 21.6 Å². The van der Waals surface area contributed by atoms with Gasteiger partial charge in [-0.2, -0.15) is 0 Å². The van der Waals surface area contributed by atoms with Crippen molar-refractivity contribution in [2.75, 3.05) is 0 Å². The number of amides is 1. The van der Waals surface area contributed by atoms with E-state index >= 15 is 0 Å². The first kappa shape index (κ1) is 25.7. The van der Waals surface area contributed by atoms with E-state index in [2.05, 4.69) is 14.7 Å². The third-order valence-corrected chi connectivity index (χ3v) is 10.2. The Hall–Kier alpha value is -2.96. The summed E-state index contributed by atoms with van der Waals surface area (Å²) in [6.45, 7) is 0. The molecule has 192 valence electrons. The normalized spacial score (nSPS) is 18.1. The summed E-state index contributed by atoms with van der Waals surface area (Å²) in [5.41, 5.74) is 2.58. The Kier molecular flexibility index (Phi) is 6.75. The molecule has 13 heteroatoms. The molecule has 9 nitrogen and oxygen atoms in total. The molecule has 4 aromatic rings. The maximum atomic E-state index is 13.3. The molecule has 0 spiro atoms. The Labute approximate surface area is 223 Å². The van der Waals surface area contributed by atoms with Gasteiger partial charge in [0.25, 0.3) is 0 Å². The molecule has 37 heavy (non-hydrogen) atoms. The van der Waals surface area contributed by atoms with Crippen molar-refractivity contribution in [2.45, 2.75) is 29.0 Å². The van der Waals surface area contributed by atoms with Crippen LogP contribution in [0.3, 0.4) is 0 Å². The quantitative estimate of drug-likeness (QED) is 0.302. The van der Waals surface area contributed by atoms with Gasteiger partial charge in [0.1, 0.15) is 16.0 Å².